The molecular weight excluding hydrogens is 497 g/mol. The first-order chi connectivity index (χ1) is 18.1. The first-order valence-electron chi connectivity index (χ1n) is 12.6. The summed E-state index contributed by atoms with van der Waals surface area (Å²) >= 11 is 0. The number of rotatable bonds is 7. The Labute approximate surface area is 217 Å². The van der Waals surface area contributed by atoms with Crippen molar-refractivity contribution in [1.29, 1.82) is 0 Å². The zero-order chi connectivity index (χ0) is 26.7. The number of fused-ring (bicyclic) bond motifs is 1. The molecule has 4 aromatic rings. The van der Waals surface area contributed by atoms with Crippen molar-refractivity contribution in [2.24, 2.45) is 11.3 Å². The molecule has 9 nitrogen and oxygen atoms in total. The Kier molecular flexibility index (Phi) is 5.82. The van der Waals surface area contributed by atoms with Crippen molar-refractivity contribution in [2.45, 2.75) is 26.4 Å². The molecule has 0 unspecified atom stereocenters. The summed E-state index contributed by atoms with van der Waals surface area (Å²) in [4.78, 5) is 13.4. The zero-order valence-electron chi connectivity index (χ0n) is 21.5. The Hall–Kier alpha value is -3.67. The molecule has 0 aliphatic carbocycles. The van der Waals surface area contributed by atoms with Crippen molar-refractivity contribution in [3.8, 4) is 28.4 Å². The second-order valence-electron chi connectivity index (χ2n) is 10.9. The number of likely N-dealkylation sites (tertiary alicyclic amines) is 1. The molecule has 0 saturated carbocycles. The minimum absolute atomic E-state index is 0.0156. The summed E-state index contributed by atoms with van der Waals surface area (Å²) in [6.45, 7) is 9.79. The number of hydrogen-bond donors (Lipinski definition) is 1. The Morgan fingerprint density at radius 3 is 2.58 bits per heavy atom. The number of nitrogens with zero attached hydrogens (tertiary/aromatic N) is 7. The van der Waals surface area contributed by atoms with Gasteiger partial charge < -0.3 is 14.5 Å². The molecule has 4 aromatic heterocycles. The summed E-state index contributed by atoms with van der Waals surface area (Å²) in [7, 11) is 1.47. The third kappa shape index (κ3) is 4.46. The smallest absolute Gasteiger partial charge is 0.393 e. The molecule has 0 bridgehead atoms. The van der Waals surface area contributed by atoms with E-state index in [1.165, 1.54) is 18.0 Å². The monoisotopic (exact) mass is 526 g/mol. The number of halogens is 3. The van der Waals surface area contributed by atoms with Crippen molar-refractivity contribution >= 4 is 11.3 Å². The average molecular weight is 527 g/mol. The van der Waals surface area contributed by atoms with Crippen molar-refractivity contribution in [3.63, 3.8) is 0 Å². The molecule has 2 fully saturated rings. The largest absolute Gasteiger partial charge is 0.493 e. The van der Waals surface area contributed by atoms with Gasteiger partial charge in [-0.05, 0) is 24.1 Å². The second kappa shape index (κ2) is 8.97. The van der Waals surface area contributed by atoms with Gasteiger partial charge in [-0.2, -0.15) is 23.4 Å². The number of aromatic amines is 1. The lowest BCUT2D eigenvalue weighted by Gasteiger charge is -2.61. The lowest BCUT2D eigenvalue weighted by Crippen LogP contribution is -2.72. The molecule has 6 rings (SSSR count). The van der Waals surface area contributed by atoms with Crippen LogP contribution in [0, 0.1) is 11.3 Å². The zero-order valence-corrected chi connectivity index (χ0v) is 21.5. The fraction of sp³-hybridized carbons (Fsp3) is 0.462. The molecule has 38 heavy (non-hydrogen) atoms. The minimum atomic E-state index is -4.44. The highest BCUT2D eigenvalue weighted by molar-refractivity contribution is 5.75. The van der Waals surface area contributed by atoms with Crippen LogP contribution in [0.1, 0.15) is 19.4 Å². The molecule has 0 aromatic carbocycles. The van der Waals surface area contributed by atoms with Gasteiger partial charge in [-0.25, -0.2) is 9.50 Å². The third-order valence-electron chi connectivity index (χ3n) is 7.24. The lowest BCUT2D eigenvalue weighted by molar-refractivity contribution is -0.127. The summed E-state index contributed by atoms with van der Waals surface area (Å²) in [5.41, 5.74) is 3.05. The van der Waals surface area contributed by atoms with Crippen LogP contribution in [0.15, 0.2) is 36.9 Å². The van der Waals surface area contributed by atoms with Gasteiger partial charge in [0.2, 0.25) is 0 Å². The number of nitrogens with one attached hydrogen (secondary N) is 1. The molecule has 0 radical (unpaired) electrons. The molecule has 1 spiro atoms. The first-order valence-corrected chi connectivity index (χ1v) is 12.6. The van der Waals surface area contributed by atoms with Crippen LogP contribution in [0.5, 0.6) is 5.75 Å². The van der Waals surface area contributed by atoms with Gasteiger partial charge in [0, 0.05) is 55.5 Å². The Morgan fingerprint density at radius 1 is 1.13 bits per heavy atom. The predicted molar refractivity (Wildman–Crippen MR) is 136 cm³/mol. The third-order valence-corrected chi connectivity index (χ3v) is 7.24. The lowest BCUT2D eigenvalue weighted by atomic mass is 9.72. The van der Waals surface area contributed by atoms with E-state index < -0.39 is 12.6 Å². The van der Waals surface area contributed by atoms with Crippen molar-refractivity contribution < 1.29 is 17.9 Å². The second-order valence-corrected chi connectivity index (χ2v) is 10.9. The van der Waals surface area contributed by atoms with Crippen LogP contribution < -0.4 is 9.64 Å². The van der Waals surface area contributed by atoms with E-state index >= 15 is 0 Å². The molecule has 2 aliphatic heterocycles. The first kappa shape index (κ1) is 24.7. The van der Waals surface area contributed by atoms with Crippen LogP contribution >= 0.6 is 0 Å². The van der Waals surface area contributed by atoms with E-state index in [1.807, 2.05) is 6.07 Å². The Morgan fingerprint density at radius 2 is 1.92 bits per heavy atom. The Balaban J connectivity index is 1.25. The molecule has 200 valence electrons. The Bertz CT molecular complexity index is 1450. The van der Waals surface area contributed by atoms with Gasteiger partial charge >= 0.3 is 6.18 Å². The standard InChI is InChI=1S/C26H29F3N8O/c1-16(2)9-35-11-25(12-35)13-36(14-25)18-4-5-20(30-8-18)23-19(7-26(27,28)29)22(33-34-23)17-6-21(38-3)24-31-15-32-37(24)10-17/h4-6,8,10,15-16H,7,9,11-14H2,1-3H3,(H,33,34). The number of methoxy groups -OCH3 is 1. The molecule has 2 saturated heterocycles. The van der Waals surface area contributed by atoms with E-state index in [2.05, 4.69) is 48.9 Å². The summed E-state index contributed by atoms with van der Waals surface area (Å²) < 4.78 is 47.8. The van der Waals surface area contributed by atoms with Crippen molar-refractivity contribution in [1.82, 2.24) is 34.7 Å². The molecule has 1 N–H and O–H groups in total. The van der Waals surface area contributed by atoms with E-state index in [-0.39, 0.29) is 17.0 Å². The molecule has 12 heteroatoms. The normalized spacial score (nSPS) is 17.3. The predicted octanol–water partition coefficient (Wildman–Crippen LogP) is 4.07. The quantitative estimate of drug-likeness (QED) is 0.388. The van der Waals surface area contributed by atoms with Crippen molar-refractivity contribution in [3.05, 3.63) is 42.5 Å². The maximum atomic E-state index is 13.7. The van der Waals surface area contributed by atoms with Crippen LogP contribution in [-0.4, -0.2) is 80.7 Å². The van der Waals surface area contributed by atoms with Gasteiger partial charge in [0.15, 0.2) is 11.4 Å². The maximum Gasteiger partial charge on any atom is 0.393 e. The highest BCUT2D eigenvalue weighted by atomic mass is 19.4. The van der Waals surface area contributed by atoms with Crippen LogP contribution in [0.2, 0.25) is 0 Å². The molecule has 2 aliphatic rings. The minimum Gasteiger partial charge on any atom is -0.493 e. The fourth-order valence-electron chi connectivity index (χ4n) is 5.78. The summed E-state index contributed by atoms with van der Waals surface area (Å²) in [6.07, 6.45) is -0.914. The van der Waals surface area contributed by atoms with Gasteiger partial charge in [-0.3, -0.25) is 10.1 Å². The van der Waals surface area contributed by atoms with E-state index in [0.29, 0.717) is 34.0 Å². The maximum absolute atomic E-state index is 13.7. The number of anilines is 1. The highest BCUT2D eigenvalue weighted by Gasteiger charge is 2.51. The average Bonchev–Trinajstić information content (AvgIpc) is 3.45. The van der Waals surface area contributed by atoms with Gasteiger partial charge in [0.1, 0.15) is 12.0 Å². The van der Waals surface area contributed by atoms with E-state index in [4.69, 9.17) is 4.74 Å². The van der Waals surface area contributed by atoms with Gasteiger partial charge in [0.05, 0.1) is 36.8 Å². The number of alkyl halides is 3. The highest BCUT2D eigenvalue weighted by Crippen LogP contribution is 2.42. The topological polar surface area (TPSA) is 87.5 Å². The summed E-state index contributed by atoms with van der Waals surface area (Å²) in [5, 5.41) is 11.2. The molecule has 0 atom stereocenters. The SMILES string of the molecule is COc1cc(-c2[nH]nc(-c3ccc(N4CC5(CN(CC(C)C)C5)C4)cn3)c2CC(F)(F)F)cn2ncnc12. The van der Waals surface area contributed by atoms with E-state index in [1.54, 1.807) is 24.5 Å². The van der Waals surface area contributed by atoms with Gasteiger partial charge in [0.25, 0.3) is 0 Å². The molecular formula is C26H29F3N8O. The number of hydrogen-bond acceptors (Lipinski definition) is 7. The summed E-state index contributed by atoms with van der Waals surface area (Å²) in [5.74, 6) is 1.06. The number of H-pyrrole nitrogens is 1. The fourth-order valence-corrected chi connectivity index (χ4v) is 5.78. The number of aromatic nitrogens is 6. The van der Waals surface area contributed by atoms with Crippen LogP contribution in [0.4, 0.5) is 18.9 Å². The van der Waals surface area contributed by atoms with Crippen LogP contribution in [0.25, 0.3) is 28.3 Å². The molecule has 6 heterocycles. The van der Waals surface area contributed by atoms with Crippen LogP contribution in [-0.2, 0) is 6.42 Å². The van der Waals surface area contributed by atoms with E-state index in [0.717, 1.165) is 38.4 Å². The number of ether oxygens (including phenoxy) is 1. The number of pyridine rings is 2. The molecule has 0 amide bonds. The van der Waals surface area contributed by atoms with Crippen molar-refractivity contribution in [2.75, 3.05) is 44.7 Å². The van der Waals surface area contributed by atoms with Gasteiger partial charge in [-0.15, -0.1) is 0 Å². The van der Waals surface area contributed by atoms with Crippen LogP contribution in [0.3, 0.4) is 0 Å². The van der Waals surface area contributed by atoms with E-state index in [9.17, 15) is 13.2 Å². The van der Waals surface area contributed by atoms with Gasteiger partial charge in [-0.1, -0.05) is 13.8 Å². The summed E-state index contributed by atoms with van der Waals surface area (Å²) in [6, 6.07) is 5.28.